The van der Waals surface area contributed by atoms with Crippen LogP contribution in [-0.2, 0) is 17.9 Å². The van der Waals surface area contributed by atoms with Gasteiger partial charge in [0, 0.05) is 30.3 Å². The Kier molecular flexibility index (Phi) is 6.76. The summed E-state index contributed by atoms with van der Waals surface area (Å²) < 4.78 is 1.99. The zero-order valence-electron chi connectivity index (χ0n) is 13.6. The lowest BCUT2D eigenvalue weighted by molar-refractivity contribution is -0.125. The van der Waals surface area contributed by atoms with Gasteiger partial charge < -0.3 is 5.32 Å². The molecule has 1 aromatic heterocycles. The number of rotatable bonds is 8. The molecule has 1 heterocycles. The fourth-order valence-electron chi connectivity index (χ4n) is 2.59. The Hall–Kier alpha value is -1.32. The third-order valence-corrected chi connectivity index (χ3v) is 4.04. The highest BCUT2D eigenvalue weighted by Gasteiger charge is 2.17. The van der Waals surface area contributed by atoms with E-state index >= 15 is 0 Å². The van der Waals surface area contributed by atoms with E-state index in [1.165, 1.54) is 0 Å². The first kappa shape index (κ1) is 16.7. The summed E-state index contributed by atoms with van der Waals surface area (Å²) in [5.74, 6) is 0.334. The number of aromatic nitrogens is 2. The fourth-order valence-corrected chi connectivity index (χ4v) is 2.59. The zero-order chi connectivity index (χ0) is 15.1. The Morgan fingerprint density at radius 2 is 2.00 bits per heavy atom. The molecule has 0 fully saturated rings. The van der Waals surface area contributed by atoms with Crippen LogP contribution >= 0.6 is 0 Å². The van der Waals surface area contributed by atoms with Crippen molar-refractivity contribution in [3.05, 3.63) is 17.0 Å². The molecular weight excluding hydrogens is 250 g/mol. The lowest BCUT2D eigenvalue weighted by atomic mass is 9.98. The Morgan fingerprint density at radius 1 is 1.30 bits per heavy atom. The van der Waals surface area contributed by atoms with E-state index in [9.17, 15) is 4.79 Å². The van der Waals surface area contributed by atoms with Crippen LogP contribution in [0.2, 0.25) is 0 Å². The van der Waals surface area contributed by atoms with Gasteiger partial charge in [0.05, 0.1) is 5.69 Å². The summed E-state index contributed by atoms with van der Waals surface area (Å²) in [5, 5.41) is 7.57. The average Bonchev–Trinajstić information content (AvgIpc) is 2.72. The van der Waals surface area contributed by atoms with Gasteiger partial charge >= 0.3 is 0 Å². The van der Waals surface area contributed by atoms with Crippen LogP contribution in [0.3, 0.4) is 0 Å². The van der Waals surface area contributed by atoms with Gasteiger partial charge in [-0.15, -0.1) is 0 Å². The van der Waals surface area contributed by atoms with Crippen molar-refractivity contribution in [2.24, 2.45) is 5.92 Å². The molecule has 4 heteroatoms. The second-order valence-corrected chi connectivity index (χ2v) is 5.43. The minimum Gasteiger partial charge on any atom is -0.352 e. The van der Waals surface area contributed by atoms with E-state index in [0.717, 1.165) is 49.2 Å². The molecule has 0 aliphatic carbocycles. The molecule has 20 heavy (non-hydrogen) atoms. The maximum atomic E-state index is 12.2. The molecule has 0 radical (unpaired) electrons. The summed E-state index contributed by atoms with van der Waals surface area (Å²) in [6.45, 7) is 11.9. The molecule has 0 bridgehead atoms. The van der Waals surface area contributed by atoms with Crippen molar-refractivity contribution in [2.75, 3.05) is 0 Å². The lowest BCUT2D eigenvalue weighted by Gasteiger charge is -2.14. The quantitative estimate of drug-likeness (QED) is 0.793. The third kappa shape index (κ3) is 4.09. The van der Waals surface area contributed by atoms with Gasteiger partial charge in [0.1, 0.15) is 0 Å². The summed E-state index contributed by atoms with van der Waals surface area (Å²) in [4.78, 5) is 12.2. The number of nitrogens with one attached hydrogen (secondary N) is 1. The minimum atomic E-state index is 0.150. The van der Waals surface area contributed by atoms with Crippen LogP contribution in [-0.4, -0.2) is 15.7 Å². The number of hydrogen-bond donors (Lipinski definition) is 1. The molecule has 1 N–H and O–H groups in total. The van der Waals surface area contributed by atoms with Gasteiger partial charge in [0.25, 0.3) is 0 Å². The summed E-state index contributed by atoms with van der Waals surface area (Å²) in [7, 11) is 0. The molecule has 0 saturated heterocycles. The van der Waals surface area contributed by atoms with Crippen molar-refractivity contribution in [1.29, 1.82) is 0 Å². The Balaban J connectivity index is 2.62. The third-order valence-electron chi connectivity index (χ3n) is 4.04. The van der Waals surface area contributed by atoms with Crippen molar-refractivity contribution < 1.29 is 4.79 Å². The Bertz CT molecular complexity index is 437. The van der Waals surface area contributed by atoms with Crippen molar-refractivity contribution in [1.82, 2.24) is 15.1 Å². The number of unbranched alkanes of at least 4 members (excludes halogenated alkanes) is 1. The number of hydrogen-bond acceptors (Lipinski definition) is 2. The van der Waals surface area contributed by atoms with Crippen molar-refractivity contribution in [3.8, 4) is 0 Å². The van der Waals surface area contributed by atoms with Crippen LogP contribution in [0.15, 0.2) is 0 Å². The standard InChI is InChI=1S/C16H29N3O/c1-6-9-10-14(7-2)16(20)17-11-15-12(4)18-19(8-3)13(15)5/h14H,6-11H2,1-5H3,(H,17,20)/t14-/m0/s1. The molecule has 0 aliphatic heterocycles. The minimum absolute atomic E-state index is 0.150. The summed E-state index contributed by atoms with van der Waals surface area (Å²) in [5.41, 5.74) is 3.34. The largest absolute Gasteiger partial charge is 0.352 e. The Morgan fingerprint density at radius 3 is 2.50 bits per heavy atom. The van der Waals surface area contributed by atoms with Crippen LogP contribution in [0, 0.1) is 19.8 Å². The molecule has 0 saturated carbocycles. The van der Waals surface area contributed by atoms with E-state index < -0.39 is 0 Å². The van der Waals surface area contributed by atoms with E-state index in [4.69, 9.17) is 0 Å². The first-order valence-corrected chi connectivity index (χ1v) is 7.85. The van der Waals surface area contributed by atoms with Gasteiger partial charge in [0.2, 0.25) is 5.91 Å². The molecule has 4 nitrogen and oxygen atoms in total. The van der Waals surface area contributed by atoms with E-state index in [0.29, 0.717) is 6.54 Å². The van der Waals surface area contributed by atoms with E-state index in [-0.39, 0.29) is 11.8 Å². The van der Waals surface area contributed by atoms with Crippen molar-refractivity contribution >= 4 is 5.91 Å². The molecule has 1 amide bonds. The van der Waals surface area contributed by atoms with Crippen LogP contribution < -0.4 is 5.32 Å². The van der Waals surface area contributed by atoms with Gasteiger partial charge in [-0.25, -0.2) is 0 Å². The highest BCUT2D eigenvalue weighted by molar-refractivity contribution is 5.78. The molecule has 0 unspecified atom stereocenters. The van der Waals surface area contributed by atoms with E-state index in [1.807, 2.05) is 11.6 Å². The average molecular weight is 279 g/mol. The predicted molar refractivity (Wildman–Crippen MR) is 82.5 cm³/mol. The Labute approximate surface area is 122 Å². The highest BCUT2D eigenvalue weighted by atomic mass is 16.1. The molecular formula is C16H29N3O. The molecule has 1 aromatic rings. The molecule has 0 spiro atoms. The second kappa shape index (κ2) is 8.08. The zero-order valence-corrected chi connectivity index (χ0v) is 13.6. The number of amides is 1. The van der Waals surface area contributed by atoms with Gasteiger partial charge in [0.15, 0.2) is 0 Å². The van der Waals surface area contributed by atoms with Gasteiger partial charge in [-0.2, -0.15) is 5.10 Å². The first-order valence-electron chi connectivity index (χ1n) is 7.85. The number of nitrogens with zero attached hydrogens (tertiary/aromatic N) is 2. The van der Waals surface area contributed by atoms with Crippen LogP contribution in [0.25, 0.3) is 0 Å². The highest BCUT2D eigenvalue weighted by Crippen LogP contribution is 2.15. The second-order valence-electron chi connectivity index (χ2n) is 5.43. The van der Waals surface area contributed by atoms with Crippen molar-refractivity contribution in [2.45, 2.75) is 73.4 Å². The topological polar surface area (TPSA) is 46.9 Å². The molecule has 0 aliphatic rings. The van der Waals surface area contributed by atoms with Crippen LogP contribution in [0.1, 0.15) is 63.4 Å². The lowest BCUT2D eigenvalue weighted by Crippen LogP contribution is -2.30. The summed E-state index contributed by atoms with van der Waals surface area (Å²) >= 11 is 0. The fraction of sp³-hybridized carbons (Fsp3) is 0.750. The van der Waals surface area contributed by atoms with Gasteiger partial charge in [-0.05, 0) is 33.6 Å². The number of carbonyl (C=O) groups is 1. The SMILES string of the molecule is CCCC[C@H](CC)C(=O)NCc1c(C)nn(CC)c1C. The maximum absolute atomic E-state index is 12.2. The van der Waals surface area contributed by atoms with E-state index in [1.54, 1.807) is 0 Å². The van der Waals surface area contributed by atoms with Crippen molar-refractivity contribution in [3.63, 3.8) is 0 Å². The van der Waals surface area contributed by atoms with Gasteiger partial charge in [-0.3, -0.25) is 9.48 Å². The summed E-state index contributed by atoms with van der Waals surface area (Å²) in [6, 6.07) is 0. The van der Waals surface area contributed by atoms with Crippen LogP contribution in [0.5, 0.6) is 0 Å². The monoisotopic (exact) mass is 279 g/mol. The normalized spacial score (nSPS) is 12.4. The number of aryl methyl sites for hydroxylation is 2. The summed E-state index contributed by atoms with van der Waals surface area (Å²) in [6.07, 6.45) is 4.17. The molecule has 1 rings (SSSR count). The first-order chi connectivity index (χ1) is 9.54. The van der Waals surface area contributed by atoms with Crippen LogP contribution in [0.4, 0.5) is 0 Å². The van der Waals surface area contributed by atoms with Gasteiger partial charge in [-0.1, -0.05) is 26.7 Å². The maximum Gasteiger partial charge on any atom is 0.223 e. The smallest absolute Gasteiger partial charge is 0.223 e. The predicted octanol–water partition coefficient (Wildman–Crippen LogP) is 3.35. The molecule has 114 valence electrons. The number of carbonyl (C=O) groups excluding carboxylic acids is 1. The van der Waals surface area contributed by atoms with E-state index in [2.05, 4.69) is 38.1 Å². The molecule has 1 atom stereocenters. The molecule has 0 aromatic carbocycles.